The Morgan fingerprint density at radius 3 is 1.61 bits per heavy atom. The number of alkyl halides is 1. The van der Waals surface area contributed by atoms with Crippen LogP contribution in [0.3, 0.4) is 0 Å². The van der Waals surface area contributed by atoms with Gasteiger partial charge in [-0.2, -0.15) is 0 Å². The van der Waals surface area contributed by atoms with Crippen LogP contribution in [0.2, 0.25) is 11.9 Å². The Balaban J connectivity index is 4.66. The number of hydrogen-bond acceptors (Lipinski definition) is 2. The van der Waals surface area contributed by atoms with Crippen LogP contribution in [-0.2, 0) is 7.48 Å². The number of carbonyl (C=O) groups is 1. The van der Waals surface area contributed by atoms with Crippen LogP contribution in [0, 0.1) is 0 Å². The Kier molecular flexibility index (Phi) is 11.9. The predicted molar refractivity (Wildman–Crippen MR) is 81.7 cm³/mol. The minimum absolute atomic E-state index is 0.0200. The zero-order valence-corrected chi connectivity index (χ0v) is 16.9. The van der Waals surface area contributed by atoms with Gasteiger partial charge in [-0.15, -0.1) is 0 Å². The van der Waals surface area contributed by atoms with Crippen molar-refractivity contribution in [2.24, 2.45) is 0 Å². The molecule has 0 aromatic rings. The van der Waals surface area contributed by atoms with Crippen molar-refractivity contribution < 1.29 is 7.48 Å². The van der Waals surface area contributed by atoms with Gasteiger partial charge in [0.25, 0.3) is 0 Å². The summed E-state index contributed by atoms with van der Waals surface area (Å²) in [6.45, 7) is 6.63. The third-order valence-corrected chi connectivity index (χ3v) is 20.9. The molecular weight excluding hydrogens is 443 g/mol. The van der Waals surface area contributed by atoms with Gasteiger partial charge in [0.1, 0.15) is 0 Å². The zero-order valence-electron chi connectivity index (χ0n) is 12.3. The molecule has 0 aliphatic carbocycles. The summed E-state index contributed by atoms with van der Waals surface area (Å²) in [6.07, 6.45) is 7.22. The number of halogens is 1. The molecule has 0 radical (unpaired) electrons. The fourth-order valence-corrected chi connectivity index (χ4v) is 20.6. The Bertz CT molecular complexity index is 200. The Hall–Kier alpha value is 0.682. The maximum absolute atomic E-state index is 11.6. The summed E-state index contributed by atoms with van der Waals surface area (Å²) in [5.41, 5.74) is 0. The van der Waals surface area contributed by atoms with Gasteiger partial charge in [-0.1, -0.05) is 0 Å². The number of hydrogen-bond donors (Lipinski definition) is 0. The van der Waals surface area contributed by atoms with Crippen LogP contribution in [0.5, 0.6) is 0 Å². The number of unbranched alkanes of at least 4 members (excludes halogenated alkanes) is 3. The second kappa shape index (κ2) is 11.5. The Morgan fingerprint density at radius 1 is 0.944 bits per heavy atom. The van der Waals surface area contributed by atoms with E-state index in [2.05, 4.69) is 20.8 Å². The second-order valence-corrected chi connectivity index (χ2v) is 21.2. The Labute approximate surface area is 123 Å². The van der Waals surface area contributed by atoms with E-state index in [0.29, 0.717) is 0 Å². The van der Waals surface area contributed by atoms with E-state index in [9.17, 15) is 4.79 Å². The summed E-state index contributed by atoms with van der Waals surface area (Å²) in [5.74, 6) is -0.145. The normalized spacial score (nSPS) is 11.6. The van der Waals surface area contributed by atoms with Crippen LogP contribution < -0.4 is 0 Å². The van der Waals surface area contributed by atoms with Crippen molar-refractivity contribution in [1.82, 2.24) is 0 Å². The number of carbonyl (C=O) groups excluding carboxylic acids is 1. The molecule has 0 bridgehead atoms. The van der Waals surface area contributed by atoms with Crippen molar-refractivity contribution in [2.45, 2.75) is 71.2 Å². The molecule has 0 atom stereocenters. The van der Waals surface area contributed by atoms with E-state index < -0.39 is 21.6 Å². The quantitative estimate of drug-likeness (QED) is 0.309. The van der Waals surface area contributed by atoms with Crippen LogP contribution in [0.15, 0.2) is 0 Å². The van der Waals surface area contributed by atoms with Gasteiger partial charge in [0, 0.05) is 0 Å². The molecule has 0 fully saturated rings. The molecule has 0 heterocycles. The van der Waals surface area contributed by atoms with E-state index in [1.807, 2.05) is 0 Å². The van der Waals surface area contributed by atoms with Crippen LogP contribution in [0.1, 0.15) is 59.3 Å². The standard InChI is InChI=1S/3C4H9.C2H3ClO2.Pb/c3*1-3-4-2;3-1-2(4)5;/h3*1,3-4H2,2H3;1H2,(H,4,5);/q;;;;+1/p-1. The first-order valence-corrected chi connectivity index (χ1v) is 17.8. The summed E-state index contributed by atoms with van der Waals surface area (Å²) >= 11 is 2.77. The van der Waals surface area contributed by atoms with E-state index >= 15 is 0 Å². The van der Waals surface area contributed by atoms with Gasteiger partial charge in [0.2, 0.25) is 0 Å². The molecule has 0 aromatic carbocycles. The zero-order chi connectivity index (χ0) is 13.9. The van der Waals surface area contributed by atoms with Gasteiger partial charge >= 0.3 is 124 Å². The molecule has 0 spiro atoms. The third-order valence-electron chi connectivity index (χ3n) is 3.40. The van der Waals surface area contributed by atoms with Crippen molar-refractivity contribution in [2.75, 3.05) is 5.88 Å². The first-order chi connectivity index (χ1) is 8.64. The fraction of sp³-hybridized carbons (Fsp3) is 0.929. The number of rotatable bonds is 11. The van der Waals surface area contributed by atoms with Crippen molar-refractivity contribution in [3.63, 3.8) is 0 Å². The van der Waals surface area contributed by atoms with Crippen LogP contribution in [-0.4, -0.2) is 33.5 Å². The molecule has 0 aliphatic rings. The summed E-state index contributed by atoms with van der Waals surface area (Å²) in [4.78, 5) is 11.6. The van der Waals surface area contributed by atoms with E-state index in [0.717, 1.165) is 0 Å². The molecule has 18 heavy (non-hydrogen) atoms. The van der Waals surface area contributed by atoms with Gasteiger partial charge in [-0.05, 0) is 0 Å². The van der Waals surface area contributed by atoms with Crippen LogP contribution in [0.4, 0.5) is 0 Å². The first kappa shape index (κ1) is 18.7. The molecule has 2 nitrogen and oxygen atoms in total. The summed E-state index contributed by atoms with van der Waals surface area (Å²) in [5, 5.41) is 0. The fourth-order valence-electron chi connectivity index (χ4n) is 2.29. The van der Waals surface area contributed by atoms with Crippen molar-refractivity contribution in [1.29, 1.82) is 0 Å². The van der Waals surface area contributed by atoms with Crippen LogP contribution in [0.25, 0.3) is 0 Å². The molecule has 0 N–H and O–H groups in total. The van der Waals surface area contributed by atoms with E-state index in [1.54, 1.807) is 0 Å². The molecule has 4 heteroatoms. The summed E-state index contributed by atoms with van der Waals surface area (Å²) < 4.78 is 9.55. The molecule has 108 valence electrons. The van der Waals surface area contributed by atoms with Gasteiger partial charge in [-0.25, -0.2) is 0 Å². The maximum atomic E-state index is 11.6. The van der Waals surface area contributed by atoms with Gasteiger partial charge in [0.15, 0.2) is 0 Å². The summed E-state index contributed by atoms with van der Waals surface area (Å²) in [6, 6.07) is 0. The Morgan fingerprint density at radius 2 is 1.33 bits per heavy atom. The predicted octanol–water partition coefficient (Wildman–Crippen LogP) is 5.11. The van der Waals surface area contributed by atoms with Gasteiger partial charge in [0.05, 0.1) is 0 Å². The van der Waals surface area contributed by atoms with E-state index in [4.69, 9.17) is 14.3 Å². The molecular formula is C14H29ClO2Pb. The molecule has 0 aliphatic heterocycles. The van der Waals surface area contributed by atoms with Gasteiger partial charge in [-0.3, -0.25) is 0 Å². The summed E-state index contributed by atoms with van der Waals surface area (Å²) in [7, 11) is 0. The molecule has 0 rings (SSSR count). The molecule has 0 unspecified atom stereocenters. The van der Waals surface area contributed by atoms with Crippen molar-refractivity contribution in [3.8, 4) is 0 Å². The monoisotopic (exact) mass is 472 g/mol. The molecule has 0 aromatic heterocycles. The topological polar surface area (TPSA) is 26.3 Å². The van der Waals surface area contributed by atoms with Crippen molar-refractivity contribution in [3.05, 3.63) is 0 Å². The van der Waals surface area contributed by atoms with E-state index in [-0.39, 0.29) is 11.8 Å². The third kappa shape index (κ3) is 7.97. The molecule has 0 amide bonds. The minimum atomic E-state index is -2.85. The van der Waals surface area contributed by atoms with Crippen molar-refractivity contribution >= 4 is 39.2 Å². The average Bonchev–Trinajstić information content (AvgIpc) is 2.40. The average molecular weight is 472 g/mol. The van der Waals surface area contributed by atoms with Crippen LogP contribution >= 0.6 is 11.6 Å². The SMILES string of the molecule is CCC[CH2][Pb]([CH2]CCC)([CH2]CCC)[O]C(=O)CCl. The first-order valence-electron chi connectivity index (χ1n) is 7.42. The van der Waals surface area contributed by atoms with E-state index in [1.165, 1.54) is 50.5 Å². The second-order valence-electron chi connectivity index (χ2n) is 5.10. The van der Waals surface area contributed by atoms with Gasteiger partial charge < -0.3 is 0 Å². The molecule has 0 saturated heterocycles. The molecule has 0 saturated carbocycles.